The van der Waals surface area contributed by atoms with Crippen molar-refractivity contribution in [3.63, 3.8) is 0 Å². The van der Waals surface area contributed by atoms with Gasteiger partial charge in [0.1, 0.15) is 0 Å². The Morgan fingerprint density at radius 1 is 0.970 bits per heavy atom. The van der Waals surface area contributed by atoms with Crippen molar-refractivity contribution in [2.45, 2.75) is 51.0 Å². The molecule has 1 N–H and O–H groups in total. The first-order valence-electron chi connectivity index (χ1n) is 12.0. The van der Waals surface area contributed by atoms with Crippen LogP contribution in [-0.4, -0.2) is 62.7 Å². The van der Waals surface area contributed by atoms with E-state index in [-0.39, 0.29) is 23.3 Å². The molecule has 6 nitrogen and oxygen atoms in total. The average molecular weight is 472 g/mol. The zero-order valence-electron chi connectivity index (χ0n) is 20.1. The Labute approximate surface area is 199 Å². The van der Waals surface area contributed by atoms with Gasteiger partial charge >= 0.3 is 0 Å². The monoisotopic (exact) mass is 471 g/mol. The highest BCUT2D eigenvalue weighted by atomic mass is 32.2. The molecule has 0 aromatic heterocycles. The molecule has 1 heterocycles. The summed E-state index contributed by atoms with van der Waals surface area (Å²) >= 11 is 0. The first-order chi connectivity index (χ1) is 15.9. The number of rotatable bonds is 11. The Hall–Kier alpha value is -2.06. The molecule has 180 valence electrons. The van der Waals surface area contributed by atoms with Crippen LogP contribution in [0.25, 0.3) is 0 Å². The van der Waals surface area contributed by atoms with Gasteiger partial charge in [0, 0.05) is 31.2 Å². The van der Waals surface area contributed by atoms with Crippen LogP contribution in [0, 0.1) is 6.92 Å². The van der Waals surface area contributed by atoms with Gasteiger partial charge < -0.3 is 5.32 Å². The van der Waals surface area contributed by atoms with Gasteiger partial charge in [0.05, 0.1) is 11.4 Å². The van der Waals surface area contributed by atoms with Gasteiger partial charge in [-0.05, 0) is 50.6 Å². The Bertz CT molecular complexity index is 994. The van der Waals surface area contributed by atoms with E-state index in [2.05, 4.69) is 55.3 Å². The molecule has 1 aliphatic rings. The third-order valence-electron chi connectivity index (χ3n) is 6.47. The Kier molecular flexibility index (Phi) is 9.20. The first kappa shape index (κ1) is 25.6. The Morgan fingerprint density at radius 2 is 1.58 bits per heavy atom. The number of ketones is 1. The molecule has 7 heteroatoms. The number of piperidine rings is 1. The number of nitrogens with zero attached hydrogens (tertiary/aromatic N) is 2. The summed E-state index contributed by atoms with van der Waals surface area (Å²) in [4.78, 5) is 15.4. The van der Waals surface area contributed by atoms with Crippen molar-refractivity contribution in [3.05, 3.63) is 65.2 Å². The molecule has 2 aromatic carbocycles. The fourth-order valence-corrected chi connectivity index (χ4v) is 5.92. The molecule has 0 spiro atoms. The average Bonchev–Trinajstić information content (AvgIpc) is 2.85. The number of hydrogen-bond donors (Lipinski definition) is 1. The smallest absolute Gasteiger partial charge is 0.243 e. The molecule has 1 atom stereocenters. The predicted molar refractivity (Wildman–Crippen MR) is 133 cm³/mol. The predicted octanol–water partition coefficient (Wildman–Crippen LogP) is 4.03. The van der Waals surface area contributed by atoms with E-state index in [4.69, 9.17) is 0 Å². The van der Waals surface area contributed by atoms with Gasteiger partial charge in [-0.2, -0.15) is 4.31 Å². The minimum absolute atomic E-state index is 0.0425. The molecular weight excluding hydrogens is 434 g/mol. The van der Waals surface area contributed by atoms with Crippen LogP contribution in [-0.2, 0) is 10.0 Å². The molecule has 0 saturated carbocycles. The quantitative estimate of drug-likeness (QED) is 0.501. The van der Waals surface area contributed by atoms with Gasteiger partial charge in [-0.15, -0.1) is 0 Å². The Balaban J connectivity index is 1.61. The summed E-state index contributed by atoms with van der Waals surface area (Å²) in [5.41, 5.74) is 2.98. The molecule has 2 aromatic rings. The molecule has 0 radical (unpaired) electrons. The van der Waals surface area contributed by atoms with Gasteiger partial charge in [0.15, 0.2) is 5.78 Å². The number of nitrogens with one attached hydrogen (secondary N) is 1. The maximum absolute atomic E-state index is 12.8. The van der Waals surface area contributed by atoms with Crippen LogP contribution >= 0.6 is 0 Å². The maximum Gasteiger partial charge on any atom is 0.243 e. The lowest BCUT2D eigenvalue weighted by Gasteiger charge is -2.30. The molecule has 1 unspecified atom stereocenters. The van der Waals surface area contributed by atoms with Crippen molar-refractivity contribution in [2.24, 2.45) is 0 Å². The van der Waals surface area contributed by atoms with Crippen molar-refractivity contribution in [1.29, 1.82) is 0 Å². The van der Waals surface area contributed by atoms with Crippen molar-refractivity contribution < 1.29 is 13.2 Å². The van der Waals surface area contributed by atoms with Crippen LogP contribution in [0.2, 0.25) is 0 Å². The molecule has 3 rings (SSSR count). The number of hydrogen-bond acceptors (Lipinski definition) is 5. The summed E-state index contributed by atoms with van der Waals surface area (Å²) in [6, 6.07) is 15.1. The minimum Gasteiger partial charge on any atom is -0.308 e. The number of benzene rings is 2. The highest BCUT2D eigenvalue weighted by molar-refractivity contribution is 7.89. The van der Waals surface area contributed by atoms with E-state index in [0.29, 0.717) is 25.2 Å². The molecule has 1 fully saturated rings. The van der Waals surface area contributed by atoms with E-state index < -0.39 is 10.0 Å². The molecule has 33 heavy (non-hydrogen) atoms. The zero-order chi connectivity index (χ0) is 23.8. The third-order valence-corrected chi connectivity index (χ3v) is 8.38. The Morgan fingerprint density at radius 3 is 2.15 bits per heavy atom. The molecule has 0 bridgehead atoms. The van der Waals surface area contributed by atoms with Crippen LogP contribution in [0.1, 0.15) is 60.6 Å². The normalized spacial score (nSPS) is 16.1. The van der Waals surface area contributed by atoms with Gasteiger partial charge in [-0.25, -0.2) is 8.42 Å². The number of carbonyl (C=O) groups is 1. The molecule has 0 aliphatic carbocycles. The molecule has 0 amide bonds. The summed E-state index contributed by atoms with van der Waals surface area (Å²) in [5.74, 6) is -0.0425. The second kappa shape index (κ2) is 11.9. The van der Waals surface area contributed by atoms with Gasteiger partial charge in [-0.3, -0.25) is 9.69 Å². The van der Waals surface area contributed by atoms with Crippen molar-refractivity contribution in [1.82, 2.24) is 14.5 Å². The van der Waals surface area contributed by atoms with Gasteiger partial charge in [-0.1, -0.05) is 62.2 Å². The van der Waals surface area contributed by atoms with Crippen molar-refractivity contribution >= 4 is 15.8 Å². The first-order valence-corrected chi connectivity index (χ1v) is 13.5. The van der Waals surface area contributed by atoms with Crippen LogP contribution in [0.3, 0.4) is 0 Å². The number of Topliss-reactive ketones (excluding diaryl/α,β-unsaturated/α-hetero) is 1. The fraction of sp³-hybridized carbons (Fsp3) is 0.500. The lowest BCUT2D eigenvalue weighted by Crippen LogP contribution is -2.37. The van der Waals surface area contributed by atoms with Crippen LogP contribution < -0.4 is 5.32 Å². The lowest BCUT2D eigenvalue weighted by molar-refractivity contribution is 0.0986. The number of aryl methyl sites for hydroxylation is 1. The van der Waals surface area contributed by atoms with Gasteiger partial charge in [0.25, 0.3) is 0 Å². The van der Waals surface area contributed by atoms with E-state index in [1.807, 2.05) is 0 Å². The number of carbonyl (C=O) groups excluding carboxylic acids is 1. The largest absolute Gasteiger partial charge is 0.308 e. The summed E-state index contributed by atoms with van der Waals surface area (Å²) in [6.07, 6.45) is 2.88. The third kappa shape index (κ3) is 6.51. The second-order valence-corrected chi connectivity index (χ2v) is 10.6. The van der Waals surface area contributed by atoms with Crippen LogP contribution in [0.5, 0.6) is 0 Å². The van der Waals surface area contributed by atoms with E-state index >= 15 is 0 Å². The van der Waals surface area contributed by atoms with E-state index in [9.17, 15) is 13.2 Å². The molecule has 1 aliphatic heterocycles. The second-order valence-electron chi connectivity index (χ2n) is 8.69. The minimum atomic E-state index is -3.48. The SMILES string of the molecule is CCN(CC)C(CNCC(=O)c1ccc(S(=O)(=O)N2CCCCC2)cc1)c1ccc(C)cc1. The summed E-state index contributed by atoms with van der Waals surface area (Å²) in [5, 5.41) is 3.32. The number of sulfonamides is 1. The van der Waals surface area contributed by atoms with Crippen LogP contribution in [0.15, 0.2) is 53.4 Å². The van der Waals surface area contributed by atoms with E-state index in [1.54, 1.807) is 28.6 Å². The molecule has 1 saturated heterocycles. The maximum atomic E-state index is 12.8. The summed E-state index contributed by atoms with van der Waals surface area (Å²) in [6.45, 7) is 10.2. The highest BCUT2D eigenvalue weighted by Crippen LogP contribution is 2.22. The fourth-order valence-electron chi connectivity index (χ4n) is 4.40. The standard InChI is InChI=1S/C26H37N3O3S/c1-4-28(5-2)25(22-11-9-21(3)10-12-22)19-27-20-26(30)23-13-15-24(16-14-23)33(31,32)29-17-7-6-8-18-29/h9-16,25,27H,4-8,17-20H2,1-3H3. The van der Waals surface area contributed by atoms with Crippen LogP contribution in [0.4, 0.5) is 0 Å². The highest BCUT2D eigenvalue weighted by Gasteiger charge is 2.26. The number of likely N-dealkylation sites (N-methyl/N-ethyl adjacent to an activating group) is 1. The zero-order valence-corrected chi connectivity index (χ0v) is 20.9. The molecular formula is C26H37N3O3S. The van der Waals surface area contributed by atoms with Crippen molar-refractivity contribution in [3.8, 4) is 0 Å². The lowest BCUT2D eigenvalue weighted by atomic mass is 10.0. The summed E-state index contributed by atoms with van der Waals surface area (Å²) in [7, 11) is -3.48. The van der Waals surface area contributed by atoms with E-state index in [0.717, 1.165) is 32.4 Å². The van der Waals surface area contributed by atoms with Gasteiger partial charge in [0.2, 0.25) is 10.0 Å². The topological polar surface area (TPSA) is 69.7 Å². The summed E-state index contributed by atoms with van der Waals surface area (Å²) < 4.78 is 27.2. The van der Waals surface area contributed by atoms with Crippen molar-refractivity contribution in [2.75, 3.05) is 39.3 Å². The van der Waals surface area contributed by atoms with E-state index in [1.165, 1.54) is 11.1 Å².